The van der Waals surface area contributed by atoms with Crippen LogP contribution in [0.15, 0.2) is 18.3 Å². The van der Waals surface area contributed by atoms with E-state index in [0.29, 0.717) is 0 Å². The molecule has 0 bridgehead atoms. The van der Waals surface area contributed by atoms with Gasteiger partial charge in [0.15, 0.2) is 0 Å². The molecule has 0 unspecified atom stereocenters. The number of nitrogens with zero attached hydrogens (tertiary/aromatic N) is 1. The monoisotopic (exact) mass is 265 g/mol. The average molecular weight is 267 g/mol. The molecule has 74 valence electrons. The van der Waals surface area contributed by atoms with Gasteiger partial charge in [-0.3, -0.25) is 4.98 Å². The Kier molecular flexibility index (Phi) is 6.08. The van der Waals surface area contributed by atoms with E-state index in [1.807, 2.05) is 26.0 Å². The third kappa shape index (κ3) is 3.96. The predicted molar refractivity (Wildman–Crippen MR) is 59.9 cm³/mol. The number of aromatic nitrogens is 1. The first-order valence-corrected chi connectivity index (χ1v) is 5.02. The zero-order valence-corrected chi connectivity index (χ0v) is 10.1. The van der Waals surface area contributed by atoms with Gasteiger partial charge in [0.05, 0.1) is 11.8 Å². The number of pyridine rings is 1. The molecule has 0 aliphatic rings. The first-order valence-electron chi connectivity index (χ1n) is 3.90. The molecule has 0 atom stereocenters. The van der Waals surface area contributed by atoms with E-state index in [1.54, 1.807) is 6.20 Å². The maximum Gasteiger partial charge on any atom is 0.142 e. The molecule has 0 saturated carbocycles. The molecule has 1 aromatic rings. The van der Waals surface area contributed by atoms with E-state index in [0.717, 1.165) is 16.8 Å². The van der Waals surface area contributed by atoms with Crippen LogP contribution in [-0.2, 0) is 5.33 Å². The van der Waals surface area contributed by atoms with Gasteiger partial charge in [0, 0.05) is 11.5 Å². The molecule has 1 aromatic heterocycles. The number of ether oxygens (including phenoxy) is 1. The molecule has 2 nitrogen and oxygen atoms in total. The first kappa shape index (κ1) is 12.7. The molecule has 0 N–H and O–H groups in total. The molecule has 0 amide bonds. The van der Waals surface area contributed by atoms with Crippen molar-refractivity contribution in [2.24, 2.45) is 0 Å². The first-order chi connectivity index (χ1) is 5.74. The minimum atomic E-state index is 0. The molecule has 13 heavy (non-hydrogen) atoms. The molecule has 0 saturated heterocycles. The van der Waals surface area contributed by atoms with Crippen LogP contribution in [0.5, 0.6) is 5.75 Å². The smallest absolute Gasteiger partial charge is 0.142 e. The standard InChI is InChI=1S/C9H12BrNO.ClH/c1-7(2)12-9-4-3-5-11-8(9)6-10;/h3-5,7H,6H2,1-2H3;1H. The lowest BCUT2D eigenvalue weighted by molar-refractivity contribution is 0.239. The summed E-state index contributed by atoms with van der Waals surface area (Å²) < 4.78 is 5.54. The maximum atomic E-state index is 5.54. The van der Waals surface area contributed by atoms with Crippen molar-refractivity contribution in [3.05, 3.63) is 24.0 Å². The summed E-state index contributed by atoms with van der Waals surface area (Å²) in [7, 11) is 0. The average Bonchev–Trinajstić information content (AvgIpc) is 2.04. The lowest BCUT2D eigenvalue weighted by Crippen LogP contribution is -2.07. The SMILES string of the molecule is CC(C)Oc1cccnc1CBr.Cl. The summed E-state index contributed by atoms with van der Waals surface area (Å²) in [5.74, 6) is 0.865. The van der Waals surface area contributed by atoms with Crippen LogP contribution in [0.2, 0.25) is 0 Å². The van der Waals surface area contributed by atoms with Gasteiger partial charge in [0.25, 0.3) is 0 Å². The van der Waals surface area contributed by atoms with Gasteiger partial charge in [-0.05, 0) is 26.0 Å². The third-order valence-electron chi connectivity index (χ3n) is 1.34. The van der Waals surface area contributed by atoms with Crippen molar-refractivity contribution >= 4 is 28.3 Å². The second kappa shape index (κ2) is 6.22. The summed E-state index contributed by atoms with van der Waals surface area (Å²) in [6, 6.07) is 3.81. The highest BCUT2D eigenvalue weighted by atomic mass is 79.9. The summed E-state index contributed by atoms with van der Waals surface area (Å²) in [6.07, 6.45) is 1.97. The highest BCUT2D eigenvalue weighted by molar-refractivity contribution is 9.08. The van der Waals surface area contributed by atoms with Crippen molar-refractivity contribution in [3.63, 3.8) is 0 Å². The number of hydrogen-bond donors (Lipinski definition) is 0. The van der Waals surface area contributed by atoms with Crippen LogP contribution in [0.1, 0.15) is 19.5 Å². The van der Waals surface area contributed by atoms with Crippen LogP contribution in [0.25, 0.3) is 0 Å². The Morgan fingerprint density at radius 1 is 1.54 bits per heavy atom. The van der Waals surface area contributed by atoms with E-state index in [1.165, 1.54) is 0 Å². The van der Waals surface area contributed by atoms with Gasteiger partial charge >= 0.3 is 0 Å². The minimum absolute atomic E-state index is 0. The molecular weight excluding hydrogens is 253 g/mol. The van der Waals surface area contributed by atoms with Crippen molar-refractivity contribution in [1.29, 1.82) is 0 Å². The third-order valence-corrected chi connectivity index (χ3v) is 1.87. The topological polar surface area (TPSA) is 22.1 Å². The van der Waals surface area contributed by atoms with Crippen LogP contribution in [0.4, 0.5) is 0 Å². The number of rotatable bonds is 3. The molecule has 4 heteroatoms. The van der Waals surface area contributed by atoms with E-state index < -0.39 is 0 Å². The van der Waals surface area contributed by atoms with E-state index in [-0.39, 0.29) is 18.5 Å². The Labute approximate surface area is 93.2 Å². The maximum absolute atomic E-state index is 5.54. The van der Waals surface area contributed by atoms with Gasteiger partial charge in [-0.1, -0.05) is 15.9 Å². The van der Waals surface area contributed by atoms with Crippen LogP contribution >= 0.6 is 28.3 Å². The molecule has 0 spiro atoms. The van der Waals surface area contributed by atoms with Gasteiger partial charge in [-0.25, -0.2) is 0 Å². The van der Waals surface area contributed by atoms with Gasteiger partial charge in [0.1, 0.15) is 5.75 Å². The zero-order chi connectivity index (χ0) is 8.97. The second-order valence-electron chi connectivity index (χ2n) is 2.75. The fourth-order valence-electron chi connectivity index (χ4n) is 0.885. The molecule has 0 aliphatic carbocycles. The normalized spacial score (nSPS) is 9.54. The molecule has 0 fully saturated rings. The van der Waals surface area contributed by atoms with E-state index in [9.17, 15) is 0 Å². The Hall–Kier alpha value is -0.280. The van der Waals surface area contributed by atoms with Crippen molar-refractivity contribution < 1.29 is 4.74 Å². The summed E-state index contributed by atoms with van der Waals surface area (Å²) in [5.41, 5.74) is 0.950. The summed E-state index contributed by atoms with van der Waals surface area (Å²) in [6.45, 7) is 4.01. The Morgan fingerprint density at radius 3 is 2.77 bits per heavy atom. The summed E-state index contributed by atoms with van der Waals surface area (Å²) >= 11 is 3.36. The molecule has 1 rings (SSSR count). The highest BCUT2D eigenvalue weighted by Crippen LogP contribution is 2.18. The quantitative estimate of drug-likeness (QED) is 0.784. The summed E-state index contributed by atoms with van der Waals surface area (Å²) in [4.78, 5) is 4.18. The van der Waals surface area contributed by atoms with Crippen molar-refractivity contribution in [2.75, 3.05) is 0 Å². The largest absolute Gasteiger partial charge is 0.489 e. The molecule has 1 heterocycles. The van der Waals surface area contributed by atoms with Gasteiger partial charge in [0.2, 0.25) is 0 Å². The fraction of sp³-hybridized carbons (Fsp3) is 0.444. The van der Waals surface area contributed by atoms with E-state index >= 15 is 0 Å². The number of halogens is 2. The van der Waals surface area contributed by atoms with Crippen molar-refractivity contribution in [1.82, 2.24) is 4.98 Å². The molecule has 0 aliphatic heterocycles. The predicted octanol–water partition coefficient (Wildman–Crippen LogP) is 3.19. The van der Waals surface area contributed by atoms with Crippen LogP contribution < -0.4 is 4.74 Å². The molecular formula is C9H13BrClNO. The number of alkyl halides is 1. The Balaban J connectivity index is 0.00000144. The second-order valence-corrected chi connectivity index (χ2v) is 3.31. The zero-order valence-electron chi connectivity index (χ0n) is 7.66. The minimum Gasteiger partial charge on any atom is -0.489 e. The Bertz CT molecular complexity index is 255. The number of hydrogen-bond acceptors (Lipinski definition) is 2. The van der Waals surface area contributed by atoms with Crippen LogP contribution in [0.3, 0.4) is 0 Å². The Morgan fingerprint density at radius 2 is 2.23 bits per heavy atom. The van der Waals surface area contributed by atoms with Gasteiger partial charge in [-0.15, -0.1) is 12.4 Å². The van der Waals surface area contributed by atoms with E-state index in [2.05, 4.69) is 20.9 Å². The van der Waals surface area contributed by atoms with Gasteiger partial charge < -0.3 is 4.74 Å². The van der Waals surface area contributed by atoms with Crippen molar-refractivity contribution in [3.8, 4) is 5.75 Å². The highest BCUT2D eigenvalue weighted by Gasteiger charge is 2.03. The van der Waals surface area contributed by atoms with Crippen LogP contribution in [0, 0.1) is 0 Å². The molecule has 0 radical (unpaired) electrons. The summed E-state index contributed by atoms with van der Waals surface area (Å²) in [5, 5.41) is 0.732. The molecule has 0 aromatic carbocycles. The lowest BCUT2D eigenvalue weighted by Gasteiger charge is -2.11. The van der Waals surface area contributed by atoms with Gasteiger partial charge in [-0.2, -0.15) is 0 Å². The fourth-order valence-corrected chi connectivity index (χ4v) is 1.31. The lowest BCUT2D eigenvalue weighted by atomic mass is 10.3. The van der Waals surface area contributed by atoms with Crippen molar-refractivity contribution in [2.45, 2.75) is 25.3 Å². The van der Waals surface area contributed by atoms with E-state index in [4.69, 9.17) is 4.74 Å². The van der Waals surface area contributed by atoms with Crippen LogP contribution in [-0.4, -0.2) is 11.1 Å².